The molecule has 3 aromatic rings. The zero-order chi connectivity index (χ0) is 27.4. The van der Waals surface area contributed by atoms with Crippen LogP contribution in [0.25, 0.3) is 0 Å². The molecule has 10 nitrogen and oxygen atoms in total. The van der Waals surface area contributed by atoms with Gasteiger partial charge in [-0.3, -0.25) is 4.79 Å². The van der Waals surface area contributed by atoms with E-state index in [2.05, 4.69) is 65.8 Å². The Hall–Kier alpha value is -4.20. The Bertz CT molecular complexity index is 1380. The molecule has 1 aliphatic heterocycles. The van der Waals surface area contributed by atoms with Gasteiger partial charge in [0.05, 0.1) is 12.2 Å². The lowest BCUT2D eigenvalue weighted by Gasteiger charge is -2.34. The number of aromatic nitrogens is 3. The third kappa shape index (κ3) is 6.11. The normalized spacial score (nSPS) is 19.1. The van der Waals surface area contributed by atoms with E-state index in [-0.39, 0.29) is 17.9 Å². The van der Waals surface area contributed by atoms with Gasteiger partial charge in [-0.2, -0.15) is 4.98 Å². The minimum Gasteiger partial charge on any atom is -0.384 e. The summed E-state index contributed by atoms with van der Waals surface area (Å²) in [5.74, 6) is 3.08. The number of hydrogen-bond acceptors (Lipinski definition) is 9. The number of carbonyl (C=O) groups excluding carboxylic acids is 1. The molecular formula is C29H34N8O2. The molecule has 39 heavy (non-hydrogen) atoms. The monoisotopic (exact) mass is 526 g/mol. The van der Waals surface area contributed by atoms with Gasteiger partial charge in [-0.05, 0) is 69.1 Å². The molecule has 1 unspecified atom stereocenters. The van der Waals surface area contributed by atoms with Gasteiger partial charge < -0.3 is 30.9 Å². The summed E-state index contributed by atoms with van der Waals surface area (Å²) in [6.45, 7) is 5.94. The zero-order valence-corrected chi connectivity index (χ0v) is 22.4. The number of terminal acetylenes is 1. The summed E-state index contributed by atoms with van der Waals surface area (Å²) < 4.78 is 0. The molecule has 2 aliphatic rings. The van der Waals surface area contributed by atoms with E-state index in [4.69, 9.17) is 6.42 Å². The molecule has 1 saturated heterocycles. The average molecular weight is 527 g/mol. The second kappa shape index (κ2) is 11.3. The van der Waals surface area contributed by atoms with Gasteiger partial charge in [-0.15, -0.1) is 6.42 Å². The lowest BCUT2D eigenvalue weighted by molar-refractivity contribution is 0.0341. The van der Waals surface area contributed by atoms with Crippen molar-refractivity contribution in [2.45, 2.75) is 31.8 Å². The van der Waals surface area contributed by atoms with Crippen molar-refractivity contribution in [1.29, 1.82) is 0 Å². The quantitative estimate of drug-likeness (QED) is 0.345. The number of amides is 1. The van der Waals surface area contributed by atoms with E-state index < -0.39 is 11.5 Å². The first kappa shape index (κ1) is 26.4. The number of nitrogens with zero attached hydrogens (tertiary/aromatic N) is 5. The molecule has 0 saturated carbocycles. The Morgan fingerprint density at radius 2 is 1.87 bits per heavy atom. The molecule has 4 N–H and O–H groups in total. The van der Waals surface area contributed by atoms with Crippen LogP contribution in [0.3, 0.4) is 0 Å². The molecule has 0 radical (unpaired) electrons. The maximum atomic E-state index is 12.8. The van der Waals surface area contributed by atoms with Crippen LogP contribution in [0.5, 0.6) is 0 Å². The lowest BCUT2D eigenvalue weighted by Crippen LogP contribution is -2.44. The number of fused-ring (bicyclic) bond motifs is 1. The van der Waals surface area contributed by atoms with Crippen molar-refractivity contribution in [2.75, 3.05) is 55.3 Å². The number of piperazine rings is 1. The highest BCUT2D eigenvalue weighted by Crippen LogP contribution is 2.34. The third-order valence-corrected chi connectivity index (χ3v) is 7.22. The molecule has 10 heteroatoms. The smallest absolute Gasteiger partial charge is 0.257 e. The van der Waals surface area contributed by atoms with Crippen LogP contribution in [0.1, 0.15) is 41.4 Å². The highest BCUT2D eigenvalue weighted by atomic mass is 16.3. The Balaban J connectivity index is 1.38. The molecule has 0 spiro atoms. The summed E-state index contributed by atoms with van der Waals surface area (Å²) in [6, 6.07) is 11.9. The number of likely N-dealkylation sites (N-methyl/N-ethyl adjacent to an activating group) is 1. The number of anilines is 5. The summed E-state index contributed by atoms with van der Waals surface area (Å²) in [7, 11) is 2.14. The van der Waals surface area contributed by atoms with Crippen molar-refractivity contribution in [1.82, 2.24) is 25.2 Å². The van der Waals surface area contributed by atoms with Crippen LogP contribution in [0.2, 0.25) is 0 Å². The first-order valence-corrected chi connectivity index (χ1v) is 13.2. The molecule has 1 amide bonds. The second-order valence-electron chi connectivity index (χ2n) is 10.3. The van der Waals surface area contributed by atoms with Crippen LogP contribution in [0.4, 0.5) is 29.0 Å². The van der Waals surface area contributed by atoms with E-state index in [9.17, 15) is 9.90 Å². The highest BCUT2D eigenvalue weighted by molar-refractivity contribution is 5.99. The molecule has 3 heterocycles. The largest absolute Gasteiger partial charge is 0.384 e. The fourth-order valence-electron chi connectivity index (χ4n) is 4.97. The Morgan fingerprint density at radius 1 is 1.10 bits per heavy atom. The van der Waals surface area contributed by atoms with Gasteiger partial charge in [-0.25, -0.2) is 9.97 Å². The lowest BCUT2D eigenvalue weighted by atomic mass is 9.84. The second-order valence-corrected chi connectivity index (χ2v) is 10.3. The van der Waals surface area contributed by atoms with E-state index in [0.29, 0.717) is 23.9 Å². The van der Waals surface area contributed by atoms with Crippen molar-refractivity contribution in [3.05, 3.63) is 59.4 Å². The van der Waals surface area contributed by atoms with Crippen LogP contribution in [0, 0.1) is 12.3 Å². The molecule has 202 valence electrons. The number of hydrogen-bond donors (Lipinski definition) is 4. The molecule has 1 fully saturated rings. The predicted molar refractivity (Wildman–Crippen MR) is 153 cm³/mol. The number of benzene rings is 1. The van der Waals surface area contributed by atoms with Gasteiger partial charge in [-0.1, -0.05) is 12.0 Å². The van der Waals surface area contributed by atoms with E-state index >= 15 is 0 Å². The van der Waals surface area contributed by atoms with Crippen LogP contribution in [0.15, 0.2) is 42.6 Å². The van der Waals surface area contributed by atoms with Gasteiger partial charge in [0.15, 0.2) is 0 Å². The Kier molecular flexibility index (Phi) is 7.63. The summed E-state index contributed by atoms with van der Waals surface area (Å²) in [6.07, 6.45) is 9.20. The number of aliphatic hydroxyl groups is 1. The van der Waals surface area contributed by atoms with E-state index in [1.807, 2.05) is 24.3 Å². The molecule has 1 atom stereocenters. The molecule has 0 bridgehead atoms. The minimum absolute atomic E-state index is 0.0812. The highest BCUT2D eigenvalue weighted by Gasteiger charge is 2.31. The van der Waals surface area contributed by atoms with Crippen LogP contribution in [-0.2, 0) is 12.0 Å². The first-order valence-electron chi connectivity index (χ1n) is 13.2. The number of pyridine rings is 1. The SMILES string of the molecule is C#CCNC(=O)c1cnc(Nc2ccc(N3CCN(C)CC3)cc2)nc1Nc1ccc2c(n1)C(C)(O)CCC2. The third-order valence-electron chi connectivity index (χ3n) is 7.22. The van der Waals surface area contributed by atoms with Crippen molar-refractivity contribution < 1.29 is 9.90 Å². The zero-order valence-electron chi connectivity index (χ0n) is 22.4. The maximum Gasteiger partial charge on any atom is 0.257 e. The van der Waals surface area contributed by atoms with E-state index in [1.165, 1.54) is 11.9 Å². The van der Waals surface area contributed by atoms with E-state index in [1.54, 1.807) is 6.92 Å². The fraction of sp³-hybridized carbons (Fsp3) is 0.379. The van der Waals surface area contributed by atoms with Gasteiger partial charge in [0.1, 0.15) is 22.8 Å². The number of aryl methyl sites for hydroxylation is 1. The van der Waals surface area contributed by atoms with Gasteiger partial charge >= 0.3 is 0 Å². The van der Waals surface area contributed by atoms with Crippen LogP contribution in [-0.4, -0.2) is 70.6 Å². The molecule has 1 aromatic carbocycles. The number of nitrogens with one attached hydrogen (secondary N) is 3. The van der Waals surface area contributed by atoms with Crippen molar-refractivity contribution in [3.63, 3.8) is 0 Å². The van der Waals surface area contributed by atoms with Gasteiger partial charge in [0.25, 0.3) is 5.91 Å². The predicted octanol–water partition coefficient (Wildman–Crippen LogP) is 3.02. The average Bonchev–Trinajstić information content (AvgIpc) is 2.93. The topological polar surface area (TPSA) is 119 Å². The number of carbonyl (C=O) groups is 1. The summed E-state index contributed by atoms with van der Waals surface area (Å²) in [5, 5.41) is 19.9. The minimum atomic E-state index is -1.01. The Labute approximate surface area is 228 Å². The summed E-state index contributed by atoms with van der Waals surface area (Å²) in [4.78, 5) is 31.2. The van der Waals surface area contributed by atoms with Gasteiger partial charge in [0, 0.05) is 43.8 Å². The van der Waals surface area contributed by atoms with Gasteiger partial charge in [0.2, 0.25) is 5.95 Å². The van der Waals surface area contributed by atoms with Crippen molar-refractivity contribution in [2.24, 2.45) is 0 Å². The standard InChI is InChI=1S/C29H34N8O2/c1-4-14-30-27(38)23-19-31-28(32-21-8-10-22(11-9-21)37-17-15-36(3)16-18-37)35-26(23)34-24-12-7-20-6-5-13-29(2,39)25(20)33-24/h1,7-12,19,39H,5-6,13-18H2,2-3H3,(H,30,38)(H2,31,32,33,34,35). The van der Waals surface area contributed by atoms with Crippen LogP contribution >= 0.6 is 0 Å². The van der Waals surface area contributed by atoms with E-state index in [0.717, 1.165) is 50.3 Å². The molecular weight excluding hydrogens is 492 g/mol. The maximum absolute atomic E-state index is 12.8. The molecule has 1 aliphatic carbocycles. The molecule has 2 aromatic heterocycles. The summed E-state index contributed by atoms with van der Waals surface area (Å²) >= 11 is 0. The first-order chi connectivity index (χ1) is 18.8. The molecule has 5 rings (SSSR count). The van der Waals surface area contributed by atoms with Crippen molar-refractivity contribution >= 4 is 34.9 Å². The Morgan fingerprint density at radius 3 is 2.62 bits per heavy atom. The van der Waals surface area contributed by atoms with Crippen LogP contribution < -0.4 is 20.9 Å². The fourth-order valence-corrected chi connectivity index (χ4v) is 4.97. The number of rotatable bonds is 7. The van der Waals surface area contributed by atoms with Crippen molar-refractivity contribution in [3.8, 4) is 12.3 Å². The summed E-state index contributed by atoms with van der Waals surface area (Å²) in [5.41, 5.74) is 2.89.